The standard InChI is InChI=1S/C13H14BrN3O3/c1-7(18)11-8-5-10(14)16-6-9(8)17-12(11)13(19)15-3-4-20-2/h5-6,17H,3-4H2,1-2H3,(H,15,19). The van der Waals surface area contributed by atoms with Crippen LogP contribution in [-0.2, 0) is 4.74 Å². The molecule has 20 heavy (non-hydrogen) atoms. The molecule has 0 atom stereocenters. The molecule has 2 heterocycles. The molecule has 0 aliphatic rings. The molecule has 0 radical (unpaired) electrons. The molecule has 1 amide bonds. The van der Waals surface area contributed by atoms with Gasteiger partial charge >= 0.3 is 0 Å². The Labute approximate surface area is 124 Å². The molecule has 2 N–H and O–H groups in total. The van der Waals surface area contributed by atoms with Crippen LogP contribution in [0.25, 0.3) is 10.9 Å². The van der Waals surface area contributed by atoms with Gasteiger partial charge in [0.15, 0.2) is 5.78 Å². The monoisotopic (exact) mass is 339 g/mol. The summed E-state index contributed by atoms with van der Waals surface area (Å²) in [6, 6.07) is 1.72. The zero-order chi connectivity index (χ0) is 14.7. The van der Waals surface area contributed by atoms with Gasteiger partial charge in [-0.3, -0.25) is 9.59 Å². The first kappa shape index (κ1) is 14.7. The number of aromatic amines is 1. The molecule has 0 saturated carbocycles. The number of pyridine rings is 1. The van der Waals surface area contributed by atoms with Crippen LogP contribution in [0.2, 0.25) is 0 Å². The lowest BCUT2D eigenvalue weighted by molar-refractivity contribution is 0.0921. The fourth-order valence-electron chi connectivity index (χ4n) is 1.96. The number of carbonyl (C=O) groups excluding carboxylic acids is 2. The van der Waals surface area contributed by atoms with Gasteiger partial charge in [0.2, 0.25) is 0 Å². The second-order valence-electron chi connectivity index (χ2n) is 4.23. The number of halogens is 1. The van der Waals surface area contributed by atoms with Crippen molar-refractivity contribution in [1.82, 2.24) is 15.3 Å². The molecule has 7 heteroatoms. The lowest BCUT2D eigenvalue weighted by Crippen LogP contribution is -2.28. The average molecular weight is 340 g/mol. The maximum atomic E-state index is 12.1. The minimum Gasteiger partial charge on any atom is -0.383 e. The minimum atomic E-state index is -0.334. The molecule has 0 aliphatic carbocycles. The van der Waals surface area contributed by atoms with Crippen molar-refractivity contribution in [2.75, 3.05) is 20.3 Å². The van der Waals surface area contributed by atoms with Gasteiger partial charge in [0.1, 0.15) is 10.3 Å². The number of fused-ring (bicyclic) bond motifs is 1. The van der Waals surface area contributed by atoms with Crippen molar-refractivity contribution in [1.29, 1.82) is 0 Å². The smallest absolute Gasteiger partial charge is 0.268 e. The highest BCUT2D eigenvalue weighted by atomic mass is 79.9. The molecule has 0 fully saturated rings. The maximum absolute atomic E-state index is 12.1. The summed E-state index contributed by atoms with van der Waals surface area (Å²) in [5.41, 5.74) is 1.27. The number of aromatic nitrogens is 2. The normalized spacial score (nSPS) is 10.8. The number of ether oxygens (including phenoxy) is 1. The van der Waals surface area contributed by atoms with Crippen LogP contribution in [-0.4, -0.2) is 41.9 Å². The Morgan fingerprint density at radius 2 is 2.25 bits per heavy atom. The van der Waals surface area contributed by atoms with E-state index in [1.165, 1.54) is 6.92 Å². The van der Waals surface area contributed by atoms with Crippen LogP contribution in [0, 0.1) is 0 Å². The molecule has 2 rings (SSSR count). The Bertz CT molecular complexity index is 666. The van der Waals surface area contributed by atoms with Crippen molar-refractivity contribution in [2.45, 2.75) is 6.92 Å². The highest BCUT2D eigenvalue weighted by Gasteiger charge is 2.21. The fourth-order valence-corrected chi connectivity index (χ4v) is 2.29. The minimum absolute atomic E-state index is 0.175. The number of carbonyl (C=O) groups is 2. The summed E-state index contributed by atoms with van der Waals surface area (Å²) in [4.78, 5) is 31.0. The summed E-state index contributed by atoms with van der Waals surface area (Å²) in [7, 11) is 1.55. The number of Topliss-reactive ketones (excluding diaryl/α,β-unsaturated/α-hetero) is 1. The molecule has 0 unspecified atom stereocenters. The van der Waals surface area contributed by atoms with Crippen molar-refractivity contribution in [3.05, 3.63) is 28.1 Å². The van der Waals surface area contributed by atoms with Crippen molar-refractivity contribution in [3.8, 4) is 0 Å². The van der Waals surface area contributed by atoms with E-state index in [9.17, 15) is 9.59 Å². The largest absolute Gasteiger partial charge is 0.383 e. The highest BCUT2D eigenvalue weighted by molar-refractivity contribution is 9.10. The maximum Gasteiger partial charge on any atom is 0.268 e. The van der Waals surface area contributed by atoms with Gasteiger partial charge in [0, 0.05) is 19.0 Å². The van der Waals surface area contributed by atoms with Crippen LogP contribution in [0.3, 0.4) is 0 Å². The Kier molecular flexibility index (Phi) is 4.51. The molecule has 2 aromatic heterocycles. The number of nitrogens with zero attached hydrogens (tertiary/aromatic N) is 1. The van der Waals surface area contributed by atoms with Gasteiger partial charge in [-0.25, -0.2) is 4.98 Å². The molecule has 6 nitrogen and oxygen atoms in total. The van der Waals surface area contributed by atoms with Gasteiger partial charge in [-0.05, 0) is 28.9 Å². The number of amides is 1. The van der Waals surface area contributed by atoms with E-state index < -0.39 is 0 Å². The molecule has 0 aromatic carbocycles. The van der Waals surface area contributed by atoms with E-state index in [1.54, 1.807) is 19.4 Å². The molecule has 0 aliphatic heterocycles. The van der Waals surface area contributed by atoms with Gasteiger partial charge in [0.25, 0.3) is 5.91 Å². The SMILES string of the molecule is COCCNC(=O)c1[nH]c2cnc(Br)cc2c1C(C)=O. The summed E-state index contributed by atoms with van der Waals surface area (Å²) >= 11 is 3.26. The number of hydrogen-bond donors (Lipinski definition) is 2. The van der Waals surface area contributed by atoms with Crippen LogP contribution in [0.1, 0.15) is 27.8 Å². The van der Waals surface area contributed by atoms with Gasteiger partial charge in [0.05, 0.1) is 23.9 Å². The van der Waals surface area contributed by atoms with Crippen molar-refractivity contribution in [3.63, 3.8) is 0 Å². The van der Waals surface area contributed by atoms with Crippen LogP contribution in [0.15, 0.2) is 16.9 Å². The number of rotatable bonds is 5. The van der Waals surface area contributed by atoms with Gasteiger partial charge in [-0.2, -0.15) is 0 Å². The molecule has 0 bridgehead atoms. The number of H-pyrrole nitrogens is 1. The molecule has 0 saturated heterocycles. The van der Waals surface area contributed by atoms with E-state index in [-0.39, 0.29) is 17.4 Å². The summed E-state index contributed by atoms with van der Waals surface area (Å²) < 4.78 is 5.48. The quantitative estimate of drug-likeness (QED) is 0.495. The van der Waals surface area contributed by atoms with Crippen LogP contribution < -0.4 is 5.32 Å². The van der Waals surface area contributed by atoms with E-state index in [0.717, 1.165) is 0 Å². The number of hydrogen-bond acceptors (Lipinski definition) is 4. The summed E-state index contributed by atoms with van der Waals surface area (Å²) in [6.07, 6.45) is 1.58. The van der Waals surface area contributed by atoms with E-state index in [2.05, 4.69) is 31.2 Å². The van der Waals surface area contributed by atoms with Crippen LogP contribution in [0.5, 0.6) is 0 Å². The van der Waals surface area contributed by atoms with Crippen LogP contribution in [0.4, 0.5) is 0 Å². The van der Waals surface area contributed by atoms with E-state index in [1.807, 2.05) is 0 Å². The first-order valence-corrected chi connectivity index (χ1v) is 6.79. The molecule has 2 aromatic rings. The Hall–Kier alpha value is -1.73. The van der Waals surface area contributed by atoms with Gasteiger partial charge < -0.3 is 15.0 Å². The topological polar surface area (TPSA) is 84.1 Å². The van der Waals surface area contributed by atoms with Crippen molar-refractivity contribution >= 4 is 38.5 Å². The second-order valence-corrected chi connectivity index (χ2v) is 5.04. The number of ketones is 1. The summed E-state index contributed by atoms with van der Waals surface area (Å²) in [5, 5.41) is 3.37. The molecular formula is C13H14BrN3O3. The van der Waals surface area contributed by atoms with Crippen molar-refractivity contribution in [2.24, 2.45) is 0 Å². The first-order valence-electron chi connectivity index (χ1n) is 6.00. The highest BCUT2D eigenvalue weighted by Crippen LogP contribution is 2.24. The average Bonchev–Trinajstić information content (AvgIpc) is 2.77. The lowest BCUT2D eigenvalue weighted by atomic mass is 10.1. The third-order valence-electron chi connectivity index (χ3n) is 2.82. The summed E-state index contributed by atoms with van der Waals surface area (Å²) in [5.74, 6) is -0.509. The van der Waals surface area contributed by atoms with E-state index >= 15 is 0 Å². The Morgan fingerprint density at radius 1 is 1.50 bits per heavy atom. The molecule has 106 valence electrons. The second kappa shape index (κ2) is 6.15. The van der Waals surface area contributed by atoms with Gasteiger partial charge in [-0.15, -0.1) is 0 Å². The first-order chi connectivity index (χ1) is 9.54. The third kappa shape index (κ3) is 2.88. The predicted molar refractivity (Wildman–Crippen MR) is 78.0 cm³/mol. The lowest BCUT2D eigenvalue weighted by Gasteiger charge is -2.04. The Balaban J connectivity index is 2.44. The summed E-state index contributed by atoms with van der Waals surface area (Å²) in [6.45, 7) is 2.22. The molecule has 0 spiro atoms. The number of methoxy groups -OCH3 is 1. The third-order valence-corrected chi connectivity index (χ3v) is 3.25. The zero-order valence-corrected chi connectivity index (χ0v) is 12.7. The van der Waals surface area contributed by atoms with Gasteiger partial charge in [-0.1, -0.05) is 0 Å². The van der Waals surface area contributed by atoms with E-state index in [4.69, 9.17) is 4.74 Å². The van der Waals surface area contributed by atoms with E-state index in [0.29, 0.717) is 34.2 Å². The van der Waals surface area contributed by atoms with Crippen LogP contribution >= 0.6 is 15.9 Å². The Morgan fingerprint density at radius 3 is 2.90 bits per heavy atom. The number of nitrogens with one attached hydrogen (secondary N) is 2. The predicted octanol–water partition coefficient (Wildman–Crippen LogP) is 1.90. The zero-order valence-electron chi connectivity index (χ0n) is 11.1. The fraction of sp³-hybridized carbons (Fsp3) is 0.308. The van der Waals surface area contributed by atoms with Crippen molar-refractivity contribution < 1.29 is 14.3 Å². The molecular weight excluding hydrogens is 326 g/mol.